The molecule has 0 bridgehead atoms. The molecule has 1 rings (SSSR count). The number of hydrogen-bond donors (Lipinski definition) is 2. The van der Waals surface area contributed by atoms with Gasteiger partial charge in [-0.2, -0.15) is 13.2 Å². The molecule has 0 aromatic rings. The maximum absolute atomic E-state index is 12.1. The standard InChI is InChI=1S/C10H18F3NO/c1-7(6-10(11,12)13)14-8-4-2-3-5-9(8)15/h7-9,14-15H,2-6H2,1H3/t7?,8-,9-/m1/s1. The van der Waals surface area contributed by atoms with Crippen molar-refractivity contribution in [1.29, 1.82) is 0 Å². The lowest BCUT2D eigenvalue weighted by atomic mass is 9.92. The van der Waals surface area contributed by atoms with Crippen LogP contribution in [0.15, 0.2) is 0 Å². The zero-order valence-corrected chi connectivity index (χ0v) is 8.85. The Morgan fingerprint density at radius 3 is 2.47 bits per heavy atom. The molecule has 0 radical (unpaired) electrons. The molecule has 0 heterocycles. The third kappa shape index (κ3) is 4.84. The Bertz CT molecular complexity index is 196. The summed E-state index contributed by atoms with van der Waals surface area (Å²) < 4.78 is 36.2. The van der Waals surface area contributed by atoms with E-state index < -0.39 is 24.7 Å². The van der Waals surface area contributed by atoms with Gasteiger partial charge >= 0.3 is 6.18 Å². The summed E-state index contributed by atoms with van der Waals surface area (Å²) >= 11 is 0. The minimum Gasteiger partial charge on any atom is -0.392 e. The van der Waals surface area contributed by atoms with Crippen molar-refractivity contribution in [1.82, 2.24) is 5.32 Å². The maximum Gasteiger partial charge on any atom is 0.390 e. The molecule has 0 aromatic heterocycles. The molecule has 5 heteroatoms. The lowest BCUT2D eigenvalue weighted by Gasteiger charge is -2.31. The first-order valence-corrected chi connectivity index (χ1v) is 5.39. The number of aliphatic hydroxyl groups is 1. The van der Waals surface area contributed by atoms with Gasteiger partial charge in [0, 0.05) is 12.1 Å². The summed E-state index contributed by atoms with van der Waals surface area (Å²) in [6.07, 6.45) is -2.06. The van der Waals surface area contributed by atoms with E-state index in [4.69, 9.17) is 0 Å². The molecule has 0 spiro atoms. The Balaban J connectivity index is 2.33. The van der Waals surface area contributed by atoms with E-state index in [2.05, 4.69) is 5.32 Å². The molecule has 1 aliphatic rings. The summed E-state index contributed by atoms with van der Waals surface area (Å²) in [6.45, 7) is 1.51. The van der Waals surface area contributed by atoms with Gasteiger partial charge in [-0.3, -0.25) is 0 Å². The summed E-state index contributed by atoms with van der Waals surface area (Å²) in [7, 11) is 0. The highest BCUT2D eigenvalue weighted by Crippen LogP contribution is 2.23. The van der Waals surface area contributed by atoms with Crippen molar-refractivity contribution in [3.05, 3.63) is 0 Å². The first-order valence-electron chi connectivity index (χ1n) is 5.39. The molecule has 1 unspecified atom stereocenters. The largest absolute Gasteiger partial charge is 0.392 e. The summed E-state index contributed by atoms with van der Waals surface area (Å²) in [6, 6.07) is -0.793. The van der Waals surface area contributed by atoms with E-state index in [-0.39, 0.29) is 6.04 Å². The zero-order valence-electron chi connectivity index (χ0n) is 8.85. The van der Waals surface area contributed by atoms with Crippen LogP contribution >= 0.6 is 0 Å². The molecule has 0 amide bonds. The molecular formula is C10H18F3NO. The fourth-order valence-electron chi connectivity index (χ4n) is 2.08. The van der Waals surface area contributed by atoms with Crippen LogP contribution in [0, 0.1) is 0 Å². The van der Waals surface area contributed by atoms with Crippen LogP contribution in [0.3, 0.4) is 0 Å². The number of hydrogen-bond acceptors (Lipinski definition) is 2. The van der Waals surface area contributed by atoms with Gasteiger partial charge in [0.2, 0.25) is 0 Å². The van der Waals surface area contributed by atoms with Crippen molar-refractivity contribution in [2.24, 2.45) is 0 Å². The zero-order chi connectivity index (χ0) is 11.5. The molecular weight excluding hydrogens is 207 g/mol. The van der Waals surface area contributed by atoms with E-state index in [1.165, 1.54) is 6.92 Å². The highest BCUT2D eigenvalue weighted by atomic mass is 19.4. The van der Waals surface area contributed by atoms with Gasteiger partial charge in [0.1, 0.15) is 0 Å². The van der Waals surface area contributed by atoms with Gasteiger partial charge in [-0.25, -0.2) is 0 Å². The van der Waals surface area contributed by atoms with E-state index in [9.17, 15) is 18.3 Å². The van der Waals surface area contributed by atoms with Crippen molar-refractivity contribution in [3.8, 4) is 0 Å². The molecule has 2 nitrogen and oxygen atoms in total. The van der Waals surface area contributed by atoms with Gasteiger partial charge < -0.3 is 10.4 Å². The van der Waals surface area contributed by atoms with Gasteiger partial charge in [-0.15, -0.1) is 0 Å². The predicted molar refractivity (Wildman–Crippen MR) is 51.5 cm³/mol. The van der Waals surface area contributed by atoms with Gasteiger partial charge in [-0.05, 0) is 19.8 Å². The average molecular weight is 225 g/mol. The fraction of sp³-hybridized carbons (Fsp3) is 1.00. The number of rotatable bonds is 3. The Hall–Kier alpha value is -0.290. The van der Waals surface area contributed by atoms with Crippen molar-refractivity contribution in [2.45, 2.75) is 63.4 Å². The summed E-state index contributed by atoms with van der Waals surface area (Å²) in [5.41, 5.74) is 0. The number of aliphatic hydroxyl groups excluding tert-OH is 1. The quantitative estimate of drug-likeness (QED) is 0.772. The van der Waals surface area contributed by atoms with Crippen molar-refractivity contribution >= 4 is 0 Å². The second-order valence-corrected chi connectivity index (χ2v) is 4.35. The van der Waals surface area contributed by atoms with Crippen LogP contribution in [0.4, 0.5) is 13.2 Å². The number of halogens is 3. The summed E-state index contributed by atoms with van der Waals surface area (Å²) in [4.78, 5) is 0. The first kappa shape index (κ1) is 12.8. The Morgan fingerprint density at radius 2 is 1.93 bits per heavy atom. The highest BCUT2D eigenvalue weighted by Gasteiger charge is 2.32. The van der Waals surface area contributed by atoms with Crippen LogP contribution in [0.2, 0.25) is 0 Å². The Morgan fingerprint density at radius 1 is 1.33 bits per heavy atom. The monoisotopic (exact) mass is 225 g/mol. The first-order chi connectivity index (χ1) is 6.88. The summed E-state index contributed by atoms with van der Waals surface area (Å²) in [5.74, 6) is 0. The summed E-state index contributed by atoms with van der Waals surface area (Å²) in [5, 5.41) is 12.4. The minimum absolute atomic E-state index is 0.170. The van der Waals surface area contributed by atoms with Crippen molar-refractivity contribution in [3.63, 3.8) is 0 Å². The molecule has 0 aliphatic heterocycles. The van der Waals surface area contributed by atoms with E-state index in [0.29, 0.717) is 6.42 Å². The molecule has 1 fully saturated rings. The van der Waals surface area contributed by atoms with Gasteiger partial charge in [-0.1, -0.05) is 12.8 Å². The Labute approximate surface area is 87.9 Å². The van der Waals surface area contributed by atoms with Crippen LogP contribution in [-0.2, 0) is 0 Å². The minimum atomic E-state index is -4.13. The molecule has 0 saturated heterocycles. The average Bonchev–Trinajstić information content (AvgIpc) is 2.05. The smallest absolute Gasteiger partial charge is 0.390 e. The fourth-order valence-corrected chi connectivity index (χ4v) is 2.08. The molecule has 0 aromatic carbocycles. The van der Waals surface area contributed by atoms with Crippen LogP contribution in [0.5, 0.6) is 0 Å². The topological polar surface area (TPSA) is 32.3 Å². The molecule has 2 N–H and O–H groups in total. The highest BCUT2D eigenvalue weighted by molar-refractivity contribution is 4.83. The molecule has 1 aliphatic carbocycles. The molecule has 1 saturated carbocycles. The van der Waals surface area contributed by atoms with Crippen LogP contribution in [0.1, 0.15) is 39.0 Å². The Kier molecular flexibility index (Phi) is 4.40. The van der Waals surface area contributed by atoms with E-state index in [0.717, 1.165) is 19.3 Å². The van der Waals surface area contributed by atoms with E-state index in [1.54, 1.807) is 0 Å². The van der Waals surface area contributed by atoms with Gasteiger partial charge in [0.25, 0.3) is 0 Å². The second-order valence-electron chi connectivity index (χ2n) is 4.35. The van der Waals surface area contributed by atoms with Crippen molar-refractivity contribution < 1.29 is 18.3 Å². The van der Waals surface area contributed by atoms with Crippen LogP contribution < -0.4 is 5.32 Å². The molecule has 3 atom stereocenters. The molecule has 90 valence electrons. The van der Waals surface area contributed by atoms with Crippen LogP contribution in [0.25, 0.3) is 0 Å². The van der Waals surface area contributed by atoms with Gasteiger partial charge in [0.05, 0.1) is 12.5 Å². The van der Waals surface area contributed by atoms with E-state index in [1.807, 2.05) is 0 Å². The predicted octanol–water partition coefficient (Wildman–Crippen LogP) is 2.22. The maximum atomic E-state index is 12.1. The lowest BCUT2D eigenvalue weighted by molar-refractivity contribution is -0.140. The number of alkyl halides is 3. The second kappa shape index (κ2) is 5.16. The third-order valence-electron chi connectivity index (χ3n) is 2.77. The van der Waals surface area contributed by atoms with E-state index >= 15 is 0 Å². The van der Waals surface area contributed by atoms with Gasteiger partial charge in [0.15, 0.2) is 0 Å². The third-order valence-corrected chi connectivity index (χ3v) is 2.77. The van der Waals surface area contributed by atoms with Crippen molar-refractivity contribution in [2.75, 3.05) is 0 Å². The van der Waals surface area contributed by atoms with Crippen LogP contribution in [-0.4, -0.2) is 29.5 Å². The lowest BCUT2D eigenvalue weighted by Crippen LogP contribution is -2.47. The normalized spacial score (nSPS) is 30.2. The number of nitrogens with one attached hydrogen (secondary N) is 1. The molecule has 15 heavy (non-hydrogen) atoms. The SMILES string of the molecule is CC(CC(F)(F)F)N[C@@H]1CCCC[C@H]1O.